The molecule has 0 aliphatic heterocycles. The van der Waals surface area contributed by atoms with Crippen LogP contribution in [0.5, 0.6) is 0 Å². The molecule has 1 N–H and O–H groups in total. The number of H-pyrrole nitrogens is 1. The maximum absolute atomic E-state index is 4.59. The van der Waals surface area contributed by atoms with Gasteiger partial charge in [0.25, 0.3) is 0 Å². The van der Waals surface area contributed by atoms with Crippen LogP contribution in [0.4, 0.5) is 0 Å². The maximum Gasteiger partial charge on any atom is 0.139 e. The van der Waals surface area contributed by atoms with Crippen LogP contribution in [0.15, 0.2) is 42.5 Å². The van der Waals surface area contributed by atoms with E-state index in [1.807, 2.05) is 0 Å². The summed E-state index contributed by atoms with van der Waals surface area (Å²) in [5.41, 5.74) is 3.20. The molecule has 4 aromatic rings. The highest BCUT2D eigenvalue weighted by Crippen LogP contribution is 2.30. The van der Waals surface area contributed by atoms with Crippen LogP contribution in [-0.2, 0) is 0 Å². The SMILES string of the molecule is c1ccc2c(c1)c1nc3c(cccc23)[nH]1. The zero-order chi connectivity index (χ0) is 9.83. The summed E-state index contributed by atoms with van der Waals surface area (Å²) in [4.78, 5) is 7.93. The summed E-state index contributed by atoms with van der Waals surface area (Å²) in [7, 11) is 0. The van der Waals surface area contributed by atoms with Gasteiger partial charge in [0.2, 0.25) is 0 Å². The van der Waals surface area contributed by atoms with Crippen LogP contribution in [-0.4, -0.2) is 9.97 Å². The molecule has 0 amide bonds. The van der Waals surface area contributed by atoms with Crippen molar-refractivity contribution in [2.24, 2.45) is 0 Å². The summed E-state index contributed by atoms with van der Waals surface area (Å²) >= 11 is 0. The number of aromatic amines is 1. The standard InChI is InChI=1S/C13H8N2/c1-2-5-10-8(4-1)9-6-3-7-11-12(9)15-13(10)14-11/h1-7H,(H,14,15). The lowest BCUT2D eigenvalue weighted by atomic mass is 10.1. The van der Waals surface area contributed by atoms with Crippen molar-refractivity contribution in [2.45, 2.75) is 0 Å². The molecule has 0 fully saturated rings. The number of hydrogen-bond donors (Lipinski definition) is 1. The summed E-state index contributed by atoms with van der Waals surface area (Å²) in [5, 5.41) is 3.72. The molecule has 70 valence electrons. The molecule has 0 saturated carbocycles. The normalized spacial score (nSPS) is 12.0. The van der Waals surface area contributed by atoms with Crippen LogP contribution in [0.2, 0.25) is 0 Å². The van der Waals surface area contributed by atoms with E-state index in [4.69, 9.17) is 0 Å². The van der Waals surface area contributed by atoms with E-state index in [1.54, 1.807) is 0 Å². The monoisotopic (exact) mass is 192 g/mol. The summed E-state index contributed by atoms with van der Waals surface area (Å²) in [6, 6.07) is 14.7. The van der Waals surface area contributed by atoms with Crippen molar-refractivity contribution >= 4 is 32.8 Å². The van der Waals surface area contributed by atoms with Crippen LogP contribution in [0.25, 0.3) is 32.8 Å². The Morgan fingerprint density at radius 1 is 0.800 bits per heavy atom. The number of nitrogens with one attached hydrogen (secondary N) is 1. The van der Waals surface area contributed by atoms with Crippen molar-refractivity contribution in [1.29, 1.82) is 0 Å². The molecular weight excluding hydrogens is 184 g/mol. The highest BCUT2D eigenvalue weighted by atomic mass is 14.9. The van der Waals surface area contributed by atoms with Gasteiger partial charge in [-0.3, -0.25) is 0 Å². The molecule has 2 heterocycles. The lowest BCUT2D eigenvalue weighted by molar-refractivity contribution is 1.47. The Morgan fingerprint density at radius 2 is 1.60 bits per heavy atom. The molecule has 0 unspecified atom stereocenters. The molecule has 4 rings (SSSR count). The van der Waals surface area contributed by atoms with Crippen LogP contribution < -0.4 is 0 Å². The van der Waals surface area contributed by atoms with Crippen molar-refractivity contribution < 1.29 is 0 Å². The smallest absolute Gasteiger partial charge is 0.139 e. The Bertz CT molecular complexity index is 757. The molecule has 2 nitrogen and oxygen atoms in total. The van der Waals surface area contributed by atoms with E-state index in [-0.39, 0.29) is 0 Å². The van der Waals surface area contributed by atoms with Gasteiger partial charge in [0.15, 0.2) is 0 Å². The second-order valence-corrected chi connectivity index (χ2v) is 3.83. The number of benzene rings is 2. The number of fused-ring (bicyclic) bond motifs is 4. The van der Waals surface area contributed by atoms with Gasteiger partial charge in [-0.15, -0.1) is 0 Å². The molecule has 2 aromatic carbocycles. The first-order chi connectivity index (χ1) is 7.43. The van der Waals surface area contributed by atoms with E-state index in [0.29, 0.717) is 0 Å². The number of pyridine rings is 1. The Balaban J connectivity index is 2.53. The Hall–Kier alpha value is -2.09. The van der Waals surface area contributed by atoms with Gasteiger partial charge in [0.05, 0.1) is 11.0 Å². The highest BCUT2D eigenvalue weighted by Gasteiger charge is 2.09. The van der Waals surface area contributed by atoms with Crippen LogP contribution >= 0.6 is 0 Å². The molecule has 0 aliphatic rings. The van der Waals surface area contributed by atoms with E-state index in [2.05, 4.69) is 52.4 Å². The van der Waals surface area contributed by atoms with Crippen LogP contribution in [0.1, 0.15) is 0 Å². The fraction of sp³-hybridized carbons (Fsp3) is 0. The first-order valence-corrected chi connectivity index (χ1v) is 5.02. The molecule has 0 aliphatic carbocycles. The minimum atomic E-state index is 0.985. The third-order valence-corrected chi connectivity index (χ3v) is 2.99. The Morgan fingerprint density at radius 3 is 2.53 bits per heavy atom. The first-order valence-electron chi connectivity index (χ1n) is 5.02. The predicted octanol–water partition coefficient (Wildman–Crippen LogP) is 3.31. The second-order valence-electron chi connectivity index (χ2n) is 3.83. The number of aromatic nitrogens is 2. The topological polar surface area (TPSA) is 28.7 Å². The number of para-hydroxylation sites is 1. The average molecular weight is 192 g/mol. The van der Waals surface area contributed by atoms with Gasteiger partial charge in [0, 0.05) is 10.8 Å². The highest BCUT2D eigenvalue weighted by molar-refractivity contribution is 6.16. The quantitative estimate of drug-likeness (QED) is 0.425. The van der Waals surface area contributed by atoms with Crippen molar-refractivity contribution in [3.05, 3.63) is 42.5 Å². The summed E-state index contributed by atoms with van der Waals surface area (Å²) in [6.45, 7) is 0. The fourth-order valence-corrected chi connectivity index (χ4v) is 2.30. The van der Waals surface area contributed by atoms with E-state index < -0.39 is 0 Å². The first kappa shape index (κ1) is 7.23. The number of nitrogens with zero attached hydrogens (tertiary/aromatic N) is 1. The Kier molecular flexibility index (Phi) is 1.10. The average Bonchev–Trinajstić information content (AvgIpc) is 2.70. The van der Waals surface area contributed by atoms with Gasteiger partial charge in [0.1, 0.15) is 5.65 Å². The number of rotatable bonds is 0. The predicted molar refractivity (Wildman–Crippen MR) is 62.3 cm³/mol. The molecule has 2 aromatic heterocycles. The third kappa shape index (κ3) is 0.773. The third-order valence-electron chi connectivity index (χ3n) is 2.99. The summed E-state index contributed by atoms with van der Waals surface area (Å²) in [5.74, 6) is 0. The van der Waals surface area contributed by atoms with E-state index in [9.17, 15) is 0 Å². The molecule has 0 saturated heterocycles. The van der Waals surface area contributed by atoms with Crippen molar-refractivity contribution in [3.8, 4) is 0 Å². The van der Waals surface area contributed by atoms with E-state index in [1.165, 1.54) is 16.2 Å². The lowest BCUT2D eigenvalue weighted by Gasteiger charge is -1.99. The molecule has 0 spiro atoms. The maximum atomic E-state index is 4.59. The number of hydrogen-bond acceptors (Lipinski definition) is 1. The largest absolute Gasteiger partial charge is 0.338 e. The van der Waals surface area contributed by atoms with Gasteiger partial charge in [-0.1, -0.05) is 36.4 Å². The number of imidazole rings is 1. The van der Waals surface area contributed by atoms with Gasteiger partial charge in [-0.25, -0.2) is 4.98 Å². The lowest BCUT2D eigenvalue weighted by Crippen LogP contribution is -1.79. The zero-order valence-electron chi connectivity index (χ0n) is 7.99. The summed E-state index contributed by atoms with van der Waals surface area (Å²) < 4.78 is 0. The van der Waals surface area contributed by atoms with Gasteiger partial charge < -0.3 is 4.98 Å². The van der Waals surface area contributed by atoms with E-state index in [0.717, 1.165) is 16.7 Å². The minimum Gasteiger partial charge on any atom is -0.338 e. The van der Waals surface area contributed by atoms with Crippen LogP contribution in [0.3, 0.4) is 0 Å². The van der Waals surface area contributed by atoms with Gasteiger partial charge in [-0.2, -0.15) is 0 Å². The summed E-state index contributed by atoms with van der Waals surface area (Å²) in [6.07, 6.45) is 0. The van der Waals surface area contributed by atoms with Crippen molar-refractivity contribution in [3.63, 3.8) is 0 Å². The molecule has 2 bridgehead atoms. The zero-order valence-corrected chi connectivity index (χ0v) is 7.99. The Labute approximate surface area is 85.9 Å². The molecular formula is C13H8N2. The van der Waals surface area contributed by atoms with Gasteiger partial charge >= 0.3 is 0 Å². The van der Waals surface area contributed by atoms with Crippen LogP contribution in [0, 0.1) is 0 Å². The molecule has 15 heavy (non-hydrogen) atoms. The van der Waals surface area contributed by atoms with Crippen molar-refractivity contribution in [1.82, 2.24) is 9.97 Å². The molecule has 2 heteroatoms. The van der Waals surface area contributed by atoms with Crippen molar-refractivity contribution in [2.75, 3.05) is 0 Å². The molecule has 0 radical (unpaired) electrons. The molecule has 0 atom stereocenters. The fourth-order valence-electron chi connectivity index (χ4n) is 2.30. The second kappa shape index (κ2) is 2.28. The minimum absolute atomic E-state index is 0.985. The van der Waals surface area contributed by atoms with E-state index >= 15 is 0 Å². The van der Waals surface area contributed by atoms with Gasteiger partial charge in [-0.05, 0) is 11.5 Å².